The molecule has 5 amide bonds. The van der Waals surface area contributed by atoms with Crippen LogP contribution in [0.25, 0.3) is 0 Å². The summed E-state index contributed by atoms with van der Waals surface area (Å²) in [5.41, 5.74) is 4.66. The Kier molecular flexibility index (Phi) is 10.2. The van der Waals surface area contributed by atoms with Crippen LogP contribution in [0.5, 0.6) is 0 Å². The van der Waals surface area contributed by atoms with Crippen molar-refractivity contribution in [1.82, 2.24) is 20.9 Å². The Balaban J connectivity index is 1.70. The highest BCUT2D eigenvalue weighted by molar-refractivity contribution is 6.37. The van der Waals surface area contributed by atoms with Gasteiger partial charge in [-0.2, -0.15) is 0 Å². The molecule has 0 radical (unpaired) electrons. The van der Waals surface area contributed by atoms with E-state index in [-0.39, 0.29) is 24.4 Å². The van der Waals surface area contributed by atoms with E-state index in [0.29, 0.717) is 19.3 Å². The molecular weight excluding hydrogens is 533 g/mol. The Morgan fingerprint density at radius 3 is 2.15 bits per heavy atom. The van der Waals surface area contributed by atoms with Crippen molar-refractivity contribution in [2.45, 2.75) is 90.4 Å². The second-order valence-corrected chi connectivity index (χ2v) is 11.9. The molecule has 3 rings (SSSR count). The van der Waals surface area contributed by atoms with Crippen molar-refractivity contribution in [3.8, 4) is 0 Å². The molecule has 4 atom stereocenters. The molecule has 5 N–H and O–H groups in total. The van der Waals surface area contributed by atoms with Crippen molar-refractivity contribution in [3.63, 3.8) is 0 Å². The van der Waals surface area contributed by atoms with E-state index in [9.17, 15) is 33.2 Å². The summed E-state index contributed by atoms with van der Waals surface area (Å²) in [6.45, 7) is 7.27. The van der Waals surface area contributed by atoms with Crippen LogP contribution in [-0.2, 0) is 19.2 Å². The monoisotopic (exact) mass is 573 g/mol. The van der Waals surface area contributed by atoms with Gasteiger partial charge in [-0.1, -0.05) is 40.5 Å². The number of nitrogens with one attached hydrogen (secondary N) is 3. The lowest BCUT2D eigenvalue weighted by atomic mass is 9.85. The Morgan fingerprint density at radius 2 is 1.61 bits per heavy atom. The first kappa shape index (κ1) is 31.7. The number of halogens is 1. The van der Waals surface area contributed by atoms with E-state index in [0.717, 1.165) is 25.0 Å². The van der Waals surface area contributed by atoms with Crippen LogP contribution >= 0.6 is 0 Å². The second kappa shape index (κ2) is 13.2. The van der Waals surface area contributed by atoms with Gasteiger partial charge in [0.15, 0.2) is 5.78 Å². The van der Waals surface area contributed by atoms with E-state index >= 15 is 0 Å². The summed E-state index contributed by atoms with van der Waals surface area (Å²) in [6, 6.07) is 0.371. The number of hydrogen-bond acceptors (Lipinski definition) is 6. The van der Waals surface area contributed by atoms with Gasteiger partial charge in [0.1, 0.15) is 17.9 Å². The van der Waals surface area contributed by atoms with Crippen LogP contribution in [0.15, 0.2) is 24.3 Å². The maximum atomic E-state index is 13.8. The number of primary amides is 1. The first-order chi connectivity index (χ1) is 19.2. The molecule has 1 saturated heterocycles. The molecule has 1 heterocycles. The van der Waals surface area contributed by atoms with Crippen LogP contribution < -0.4 is 21.7 Å². The number of hydrogen-bond donors (Lipinski definition) is 4. The van der Waals surface area contributed by atoms with Gasteiger partial charge >= 0.3 is 6.03 Å². The van der Waals surface area contributed by atoms with Crippen LogP contribution in [0.3, 0.4) is 0 Å². The van der Waals surface area contributed by atoms with Gasteiger partial charge in [-0.3, -0.25) is 24.0 Å². The zero-order chi connectivity index (χ0) is 30.5. The van der Waals surface area contributed by atoms with Gasteiger partial charge in [0.2, 0.25) is 17.6 Å². The lowest BCUT2D eigenvalue weighted by Crippen LogP contribution is -2.60. The van der Waals surface area contributed by atoms with Crippen LogP contribution in [0.4, 0.5) is 9.18 Å². The quantitative estimate of drug-likeness (QED) is 0.220. The van der Waals surface area contributed by atoms with Crippen molar-refractivity contribution in [2.75, 3.05) is 6.54 Å². The van der Waals surface area contributed by atoms with Crippen molar-refractivity contribution in [2.24, 2.45) is 17.1 Å². The maximum absolute atomic E-state index is 13.8. The van der Waals surface area contributed by atoms with Gasteiger partial charge in [-0.15, -0.1) is 0 Å². The molecule has 0 aromatic heterocycles. The Labute approximate surface area is 239 Å². The molecule has 12 heteroatoms. The highest BCUT2D eigenvalue weighted by Crippen LogP contribution is 2.34. The lowest BCUT2D eigenvalue weighted by Gasteiger charge is -2.36. The largest absolute Gasteiger partial charge is 0.363 e. The van der Waals surface area contributed by atoms with Gasteiger partial charge in [-0.25, -0.2) is 9.18 Å². The van der Waals surface area contributed by atoms with E-state index in [1.165, 1.54) is 17.0 Å². The summed E-state index contributed by atoms with van der Waals surface area (Å²) in [5, 5.41) is 7.93. The second-order valence-electron chi connectivity index (χ2n) is 11.9. The van der Waals surface area contributed by atoms with Gasteiger partial charge < -0.3 is 26.6 Å². The number of Topliss-reactive ketones (excluding diaryl/α,β-unsaturated/α-hetero) is 2. The number of ketones is 2. The predicted molar refractivity (Wildman–Crippen MR) is 148 cm³/mol. The fraction of sp³-hybridized carbons (Fsp3) is 0.586. The summed E-state index contributed by atoms with van der Waals surface area (Å²) >= 11 is 0. The molecule has 2 aliphatic rings. The molecule has 0 spiro atoms. The number of carbonyl (C=O) groups is 6. The molecule has 0 bridgehead atoms. The molecule has 4 unspecified atom stereocenters. The summed E-state index contributed by atoms with van der Waals surface area (Å²) < 4.78 is 13.3. The minimum Gasteiger partial charge on any atom is -0.363 e. The average Bonchev–Trinajstić information content (AvgIpc) is 3.59. The van der Waals surface area contributed by atoms with Gasteiger partial charge in [0, 0.05) is 12.1 Å². The third-order valence-corrected chi connectivity index (χ3v) is 7.53. The van der Waals surface area contributed by atoms with Crippen LogP contribution in [0, 0.1) is 17.2 Å². The minimum atomic E-state index is -1.12. The Morgan fingerprint density at radius 1 is 0.976 bits per heavy atom. The standard InChI is InChI=1S/C29H40FN5O6/c1-5-19(22(36)17-10-12-18(30)13-11-17)33-28(41)34-24(29(2,3)4)27(40)35-14-6-7-21(35)26(39)32-20(15-16-8-9-16)23(37)25(31)38/h10-13,16,19-21,24H,5-9,14-15H2,1-4H3,(H2,31,38)(H,32,39)(H2,33,34,41). The van der Waals surface area contributed by atoms with Gasteiger partial charge in [0.05, 0.1) is 12.1 Å². The van der Waals surface area contributed by atoms with Crippen molar-refractivity contribution >= 4 is 35.3 Å². The zero-order valence-electron chi connectivity index (χ0n) is 24.0. The number of benzene rings is 1. The van der Waals surface area contributed by atoms with E-state index < -0.39 is 70.7 Å². The summed E-state index contributed by atoms with van der Waals surface area (Å²) in [6.07, 6.45) is 3.28. The van der Waals surface area contributed by atoms with Gasteiger partial charge in [-0.05, 0) is 61.3 Å². The molecule has 11 nitrogen and oxygen atoms in total. The van der Waals surface area contributed by atoms with E-state index in [4.69, 9.17) is 5.73 Å². The number of nitrogens with zero attached hydrogens (tertiary/aromatic N) is 1. The molecule has 1 aliphatic carbocycles. The fourth-order valence-corrected chi connectivity index (χ4v) is 4.97. The molecule has 2 fully saturated rings. The third-order valence-electron chi connectivity index (χ3n) is 7.53. The third kappa shape index (κ3) is 8.34. The predicted octanol–water partition coefficient (Wildman–Crippen LogP) is 1.83. The maximum Gasteiger partial charge on any atom is 0.316 e. The smallest absolute Gasteiger partial charge is 0.316 e. The van der Waals surface area contributed by atoms with Crippen molar-refractivity contribution in [3.05, 3.63) is 35.6 Å². The number of amides is 5. The molecule has 1 aromatic rings. The average molecular weight is 574 g/mol. The summed E-state index contributed by atoms with van der Waals surface area (Å²) in [4.78, 5) is 78.1. The van der Waals surface area contributed by atoms with Crippen LogP contribution in [-0.4, -0.2) is 70.9 Å². The Bertz CT molecular complexity index is 1180. The van der Waals surface area contributed by atoms with Gasteiger partial charge in [0.25, 0.3) is 5.91 Å². The highest BCUT2D eigenvalue weighted by atomic mass is 19.1. The number of nitrogens with two attached hydrogens (primary N) is 1. The van der Waals surface area contributed by atoms with E-state index in [1.807, 2.05) is 0 Å². The van der Waals surface area contributed by atoms with E-state index in [2.05, 4.69) is 16.0 Å². The molecule has 1 aromatic carbocycles. The number of urea groups is 1. The normalized spacial score (nSPS) is 19.0. The molecule has 41 heavy (non-hydrogen) atoms. The zero-order valence-corrected chi connectivity index (χ0v) is 24.0. The van der Waals surface area contributed by atoms with Crippen molar-refractivity contribution in [1.29, 1.82) is 0 Å². The highest BCUT2D eigenvalue weighted by Gasteiger charge is 2.43. The molecule has 224 valence electrons. The molecular formula is C29H40FN5O6. The first-order valence-corrected chi connectivity index (χ1v) is 14.0. The number of carbonyl (C=O) groups excluding carboxylic acids is 6. The SMILES string of the molecule is CCC(NC(=O)NC(C(=O)N1CCCC1C(=O)NC(CC1CC1)C(=O)C(N)=O)C(C)(C)C)C(=O)c1ccc(F)cc1. The topological polar surface area (TPSA) is 168 Å². The minimum absolute atomic E-state index is 0.236. The Hall–Kier alpha value is -3.83. The first-order valence-electron chi connectivity index (χ1n) is 14.0. The van der Waals surface area contributed by atoms with Crippen LogP contribution in [0.2, 0.25) is 0 Å². The summed E-state index contributed by atoms with van der Waals surface area (Å²) in [5.74, 6) is -3.68. The summed E-state index contributed by atoms with van der Waals surface area (Å²) in [7, 11) is 0. The fourth-order valence-electron chi connectivity index (χ4n) is 4.97. The molecule has 1 saturated carbocycles. The van der Waals surface area contributed by atoms with E-state index in [1.54, 1.807) is 27.7 Å². The molecule has 1 aliphatic heterocycles. The number of likely N-dealkylation sites (tertiary alicyclic amines) is 1. The lowest BCUT2D eigenvalue weighted by molar-refractivity contribution is -0.143. The van der Waals surface area contributed by atoms with Crippen LogP contribution in [0.1, 0.15) is 76.6 Å². The van der Waals surface area contributed by atoms with Crippen molar-refractivity contribution < 1.29 is 33.2 Å². The number of rotatable bonds is 12.